The molecule has 5 nitrogen and oxygen atoms in total. The van der Waals surface area contributed by atoms with Crippen LogP contribution < -0.4 is 4.74 Å². The molecule has 1 amide bonds. The molecule has 1 aliphatic heterocycles. The minimum absolute atomic E-state index is 0.0726. The fourth-order valence-electron chi connectivity index (χ4n) is 3.79. The summed E-state index contributed by atoms with van der Waals surface area (Å²) in [5.41, 5.74) is 1.90. The summed E-state index contributed by atoms with van der Waals surface area (Å²) in [4.78, 5) is 17.5. The predicted molar refractivity (Wildman–Crippen MR) is 115 cm³/mol. The lowest BCUT2D eigenvalue weighted by atomic mass is 10.1. The standard InChI is InChI=1S/C24H31FN2O3/c1-19(17-26-12-14-30-15-13-26)27(18-21-6-4-3-5-7-21)24(28)11-9-20-8-10-23(29-2)22(25)16-20/h3-8,10,16,19H,9,11-15,17-18H2,1-2H3. The van der Waals surface area contributed by atoms with Gasteiger partial charge in [-0.1, -0.05) is 36.4 Å². The van der Waals surface area contributed by atoms with E-state index in [1.165, 1.54) is 13.2 Å². The lowest BCUT2D eigenvalue weighted by Crippen LogP contribution is -2.48. The molecule has 1 heterocycles. The number of carbonyl (C=O) groups is 1. The van der Waals surface area contributed by atoms with Gasteiger partial charge in [-0.15, -0.1) is 0 Å². The number of benzene rings is 2. The van der Waals surface area contributed by atoms with E-state index in [-0.39, 0.29) is 17.7 Å². The predicted octanol–water partition coefficient (Wildman–Crippen LogP) is 3.52. The number of aryl methyl sites for hydroxylation is 1. The second-order valence-corrected chi connectivity index (χ2v) is 7.74. The average Bonchev–Trinajstić information content (AvgIpc) is 2.77. The zero-order valence-electron chi connectivity index (χ0n) is 17.9. The van der Waals surface area contributed by atoms with Gasteiger partial charge in [0.2, 0.25) is 5.91 Å². The number of hydrogen-bond acceptors (Lipinski definition) is 4. The number of hydrogen-bond donors (Lipinski definition) is 0. The van der Waals surface area contributed by atoms with Gasteiger partial charge >= 0.3 is 0 Å². The molecule has 0 aliphatic carbocycles. The first kappa shape index (κ1) is 22.2. The smallest absolute Gasteiger partial charge is 0.223 e. The van der Waals surface area contributed by atoms with Crippen molar-refractivity contribution in [2.75, 3.05) is 40.0 Å². The van der Waals surface area contributed by atoms with E-state index in [4.69, 9.17) is 9.47 Å². The van der Waals surface area contributed by atoms with Crippen molar-refractivity contribution in [1.29, 1.82) is 0 Å². The van der Waals surface area contributed by atoms with Crippen molar-refractivity contribution in [3.05, 3.63) is 65.5 Å². The number of methoxy groups -OCH3 is 1. The average molecular weight is 415 g/mol. The van der Waals surface area contributed by atoms with E-state index >= 15 is 0 Å². The van der Waals surface area contributed by atoms with Crippen LogP contribution in [0.25, 0.3) is 0 Å². The third kappa shape index (κ3) is 6.28. The molecule has 6 heteroatoms. The molecule has 1 saturated heterocycles. The monoisotopic (exact) mass is 414 g/mol. The Balaban J connectivity index is 1.66. The zero-order valence-corrected chi connectivity index (χ0v) is 17.9. The van der Waals surface area contributed by atoms with Gasteiger partial charge in [-0.3, -0.25) is 9.69 Å². The van der Waals surface area contributed by atoms with Gasteiger partial charge in [0.15, 0.2) is 11.6 Å². The number of ether oxygens (including phenoxy) is 2. The normalized spacial score (nSPS) is 15.6. The Bertz CT molecular complexity index is 809. The van der Waals surface area contributed by atoms with Gasteiger partial charge in [0.1, 0.15) is 0 Å². The summed E-state index contributed by atoms with van der Waals surface area (Å²) in [5.74, 6) is -0.102. The van der Waals surface area contributed by atoms with Crippen LogP contribution >= 0.6 is 0 Å². The SMILES string of the molecule is COc1ccc(CCC(=O)N(Cc2ccccc2)C(C)CN2CCOCC2)cc1F. The van der Waals surface area contributed by atoms with Crippen molar-refractivity contribution in [2.45, 2.75) is 32.4 Å². The third-order valence-electron chi connectivity index (χ3n) is 5.52. The molecule has 1 aliphatic rings. The van der Waals surface area contributed by atoms with Crippen LogP contribution in [0.1, 0.15) is 24.5 Å². The van der Waals surface area contributed by atoms with E-state index in [2.05, 4.69) is 11.8 Å². The van der Waals surface area contributed by atoms with Gasteiger partial charge in [-0.05, 0) is 36.6 Å². The number of nitrogens with zero attached hydrogens (tertiary/aromatic N) is 2. The first-order valence-electron chi connectivity index (χ1n) is 10.5. The molecule has 0 spiro atoms. The van der Waals surface area contributed by atoms with Gasteiger partial charge in [0.05, 0.1) is 20.3 Å². The minimum Gasteiger partial charge on any atom is -0.494 e. The molecule has 2 aromatic rings. The molecule has 1 unspecified atom stereocenters. The highest BCUT2D eigenvalue weighted by Crippen LogP contribution is 2.19. The molecule has 0 aromatic heterocycles. The van der Waals surface area contributed by atoms with Crippen molar-refractivity contribution >= 4 is 5.91 Å². The van der Waals surface area contributed by atoms with Crippen molar-refractivity contribution in [1.82, 2.24) is 9.80 Å². The van der Waals surface area contributed by atoms with Gasteiger partial charge in [-0.25, -0.2) is 4.39 Å². The Morgan fingerprint density at radius 1 is 1.17 bits per heavy atom. The largest absolute Gasteiger partial charge is 0.494 e. The molecule has 0 radical (unpaired) electrons. The maximum absolute atomic E-state index is 14.0. The summed E-state index contributed by atoms with van der Waals surface area (Å²) in [6.07, 6.45) is 0.835. The van der Waals surface area contributed by atoms with Crippen molar-refractivity contribution in [3.63, 3.8) is 0 Å². The summed E-state index contributed by atoms with van der Waals surface area (Å²) >= 11 is 0. The Labute approximate surface area is 178 Å². The second-order valence-electron chi connectivity index (χ2n) is 7.74. The van der Waals surface area contributed by atoms with Gasteiger partial charge in [0.25, 0.3) is 0 Å². The lowest BCUT2D eigenvalue weighted by molar-refractivity contribution is -0.134. The van der Waals surface area contributed by atoms with Crippen LogP contribution in [0, 0.1) is 5.82 Å². The summed E-state index contributed by atoms with van der Waals surface area (Å²) in [6, 6.07) is 15.0. The van der Waals surface area contributed by atoms with Gasteiger partial charge in [0, 0.05) is 38.6 Å². The summed E-state index contributed by atoms with van der Waals surface area (Å²) in [7, 11) is 1.44. The first-order valence-corrected chi connectivity index (χ1v) is 10.5. The van der Waals surface area contributed by atoms with Gasteiger partial charge in [-0.2, -0.15) is 0 Å². The fourth-order valence-corrected chi connectivity index (χ4v) is 3.79. The Hall–Kier alpha value is -2.44. The molecular weight excluding hydrogens is 383 g/mol. The van der Waals surface area contributed by atoms with Crippen LogP contribution in [0.2, 0.25) is 0 Å². The second kappa shape index (κ2) is 11.1. The molecule has 1 fully saturated rings. The maximum atomic E-state index is 14.0. The maximum Gasteiger partial charge on any atom is 0.223 e. The van der Waals surface area contributed by atoms with E-state index in [1.54, 1.807) is 6.07 Å². The number of morpholine rings is 1. The molecular formula is C24H31FN2O3. The summed E-state index contributed by atoms with van der Waals surface area (Å²) in [5, 5.41) is 0. The van der Waals surface area contributed by atoms with Crippen molar-refractivity contribution < 1.29 is 18.7 Å². The molecule has 0 bridgehead atoms. The minimum atomic E-state index is -0.399. The summed E-state index contributed by atoms with van der Waals surface area (Å²) in [6.45, 7) is 6.75. The topological polar surface area (TPSA) is 42.0 Å². The number of rotatable bonds is 9. The van der Waals surface area contributed by atoms with E-state index in [0.29, 0.717) is 19.4 Å². The first-order chi connectivity index (χ1) is 14.6. The molecule has 30 heavy (non-hydrogen) atoms. The Morgan fingerprint density at radius 2 is 1.90 bits per heavy atom. The van der Waals surface area contributed by atoms with Crippen LogP contribution in [0.5, 0.6) is 5.75 Å². The quantitative estimate of drug-likeness (QED) is 0.630. The van der Waals surface area contributed by atoms with Crippen LogP contribution in [-0.4, -0.2) is 61.7 Å². The van der Waals surface area contributed by atoms with Crippen molar-refractivity contribution in [2.24, 2.45) is 0 Å². The van der Waals surface area contributed by atoms with Gasteiger partial charge < -0.3 is 14.4 Å². The van der Waals surface area contributed by atoms with Crippen LogP contribution in [0.3, 0.4) is 0 Å². The fraction of sp³-hybridized carbons (Fsp3) is 0.458. The Morgan fingerprint density at radius 3 is 2.57 bits per heavy atom. The molecule has 0 saturated carbocycles. The van der Waals surface area contributed by atoms with Crippen molar-refractivity contribution in [3.8, 4) is 5.75 Å². The van der Waals surface area contributed by atoms with E-state index in [1.807, 2.05) is 41.3 Å². The highest BCUT2D eigenvalue weighted by molar-refractivity contribution is 5.76. The molecule has 3 rings (SSSR count). The number of amides is 1. The van der Waals surface area contributed by atoms with Crippen LogP contribution in [0.4, 0.5) is 4.39 Å². The van der Waals surface area contributed by atoms with E-state index in [0.717, 1.165) is 44.0 Å². The number of halogens is 1. The number of carbonyl (C=O) groups excluding carboxylic acids is 1. The third-order valence-corrected chi connectivity index (χ3v) is 5.52. The van der Waals surface area contributed by atoms with E-state index < -0.39 is 5.82 Å². The van der Waals surface area contributed by atoms with Crippen LogP contribution in [-0.2, 0) is 22.5 Å². The molecule has 1 atom stereocenters. The molecule has 0 N–H and O–H groups in total. The van der Waals surface area contributed by atoms with Crippen LogP contribution in [0.15, 0.2) is 48.5 Å². The molecule has 2 aromatic carbocycles. The van der Waals surface area contributed by atoms with E-state index in [9.17, 15) is 9.18 Å². The molecule has 162 valence electrons. The summed E-state index contributed by atoms with van der Waals surface area (Å²) < 4.78 is 24.4. The highest BCUT2D eigenvalue weighted by Gasteiger charge is 2.23. The highest BCUT2D eigenvalue weighted by atomic mass is 19.1. The lowest BCUT2D eigenvalue weighted by Gasteiger charge is -2.35. The Kier molecular flexibility index (Phi) is 8.22. The zero-order chi connectivity index (χ0) is 21.3.